The summed E-state index contributed by atoms with van der Waals surface area (Å²) in [6, 6.07) is 16.0. The molecule has 4 aromatic rings. The molecule has 0 saturated heterocycles. The molecule has 0 bridgehead atoms. The summed E-state index contributed by atoms with van der Waals surface area (Å²) >= 11 is 0. The summed E-state index contributed by atoms with van der Waals surface area (Å²) in [6.45, 7) is 4.22. The Balaban J connectivity index is 1.36. The number of ether oxygens (including phenoxy) is 1. The zero-order valence-electron chi connectivity index (χ0n) is 18.2. The summed E-state index contributed by atoms with van der Waals surface area (Å²) in [4.78, 5) is 28.2. The van der Waals surface area contributed by atoms with Crippen LogP contribution in [0.1, 0.15) is 32.9 Å². The molecule has 5 nitrogen and oxygen atoms in total. The molecule has 0 unspecified atom stereocenters. The first-order chi connectivity index (χ1) is 15.4. The lowest BCUT2D eigenvalue weighted by molar-refractivity contribution is -0.141. The molecule has 6 heteroatoms. The fourth-order valence-corrected chi connectivity index (χ4v) is 4.03. The second-order valence-corrected chi connectivity index (χ2v) is 7.93. The van der Waals surface area contributed by atoms with Crippen LogP contribution in [0.2, 0.25) is 0 Å². The molecule has 2 aromatic carbocycles. The lowest BCUT2D eigenvalue weighted by Gasteiger charge is -2.10. The number of ketones is 1. The molecule has 0 aliphatic rings. The van der Waals surface area contributed by atoms with E-state index in [0.717, 1.165) is 39.8 Å². The molecule has 32 heavy (non-hydrogen) atoms. The van der Waals surface area contributed by atoms with Gasteiger partial charge in [-0.3, -0.25) is 9.59 Å². The Morgan fingerprint density at radius 2 is 1.81 bits per heavy atom. The number of hydrogen-bond acceptors (Lipinski definition) is 3. The molecule has 0 radical (unpaired) electrons. The normalized spacial score (nSPS) is 11.1. The van der Waals surface area contributed by atoms with Crippen molar-refractivity contribution in [2.45, 2.75) is 33.2 Å². The largest absolute Gasteiger partial charge is 0.457 e. The summed E-state index contributed by atoms with van der Waals surface area (Å²) < 4.78 is 20.4. The lowest BCUT2D eigenvalue weighted by Crippen LogP contribution is -2.16. The summed E-state index contributed by atoms with van der Waals surface area (Å²) in [5, 5.41) is 0.973. The number of esters is 1. The van der Waals surface area contributed by atoms with Gasteiger partial charge in [-0.1, -0.05) is 30.3 Å². The van der Waals surface area contributed by atoms with Gasteiger partial charge in [0.25, 0.3) is 0 Å². The van der Waals surface area contributed by atoms with Gasteiger partial charge in [0, 0.05) is 40.6 Å². The second-order valence-electron chi connectivity index (χ2n) is 7.93. The van der Waals surface area contributed by atoms with Gasteiger partial charge in [-0.15, -0.1) is 0 Å². The van der Waals surface area contributed by atoms with Gasteiger partial charge >= 0.3 is 5.97 Å². The molecule has 4 rings (SSSR count). The van der Waals surface area contributed by atoms with Gasteiger partial charge in [0.1, 0.15) is 5.82 Å². The Hall–Kier alpha value is -3.67. The molecule has 0 aliphatic heterocycles. The summed E-state index contributed by atoms with van der Waals surface area (Å²) in [6.07, 6.45) is 2.63. The molecule has 2 heterocycles. The third-order valence-corrected chi connectivity index (χ3v) is 5.79. The van der Waals surface area contributed by atoms with Crippen molar-refractivity contribution >= 4 is 22.7 Å². The van der Waals surface area contributed by atoms with Crippen LogP contribution in [0.3, 0.4) is 0 Å². The predicted molar refractivity (Wildman–Crippen MR) is 121 cm³/mol. The van der Waals surface area contributed by atoms with Gasteiger partial charge in [-0.25, -0.2) is 4.39 Å². The van der Waals surface area contributed by atoms with Gasteiger partial charge in [0.05, 0.1) is 6.42 Å². The number of para-hydroxylation sites is 1. The van der Waals surface area contributed by atoms with Gasteiger partial charge in [0.15, 0.2) is 6.61 Å². The van der Waals surface area contributed by atoms with E-state index >= 15 is 0 Å². The Kier molecular flexibility index (Phi) is 6.21. The van der Waals surface area contributed by atoms with E-state index in [4.69, 9.17) is 4.74 Å². The Morgan fingerprint density at radius 3 is 2.59 bits per heavy atom. The number of aromatic nitrogens is 2. The molecule has 0 atom stereocenters. The highest BCUT2D eigenvalue weighted by Crippen LogP contribution is 2.19. The maximum Gasteiger partial charge on any atom is 0.310 e. The van der Waals surface area contributed by atoms with Crippen LogP contribution in [0, 0.1) is 19.7 Å². The number of carbonyl (C=O) groups is 2. The Bertz CT molecular complexity index is 1270. The number of Topliss-reactive ketones (excluding diaryl/α,β-unsaturated/α-hetero) is 1. The summed E-state index contributed by atoms with van der Waals surface area (Å²) in [5.41, 5.74) is 5.18. The van der Waals surface area contributed by atoms with Crippen molar-refractivity contribution in [1.82, 2.24) is 9.55 Å². The summed E-state index contributed by atoms with van der Waals surface area (Å²) in [7, 11) is 0. The van der Waals surface area contributed by atoms with Crippen LogP contribution < -0.4 is 0 Å². The number of nitrogens with one attached hydrogen (secondary N) is 1. The Labute approximate surface area is 185 Å². The van der Waals surface area contributed by atoms with Crippen molar-refractivity contribution in [2.24, 2.45) is 0 Å². The molecular formula is C26H25FN2O3. The van der Waals surface area contributed by atoms with Crippen molar-refractivity contribution in [3.8, 4) is 0 Å². The number of halogens is 1. The van der Waals surface area contributed by atoms with Crippen LogP contribution in [0.25, 0.3) is 10.9 Å². The number of rotatable bonds is 8. The topological polar surface area (TPSA) is 64.1 Å². The van der Waals surface area contributed by atoms with Crippen LogP contribution in [-0.4, -0.2) is 27.9 Å². The monoisotopic (exact) mass is 432 g/mol. The SMILES string of the molecule is Cc1cc(C(=O)COC(=O)Cc2c[nH]c3ccccc23)c(C)n1CCc1ccc(F)cc1. The number of aromatic amines is 1. The van der Waals surface area contributed by atoms with E-state index in [1.165, 1.54) is 12.1 Å². The average Bonchev–Trinajstić information content (AvgIpc) is 3.32. The fourth-order valence-electron chi connectivity index (χ4n) is 4.03. The highest BCUT2D eigenvalue weighted by atomic mass is 19.1. The standard InChI is InChI=1S/C26H25FN2O3/c1-17-13-23(18(2)29(17)12-11-19-7-9-21(27)10-8-19)25(30)16-32-26(31)14-20-15-28-24-6-4-3-5-22(20)24/h3-10,13,15,28H,11-12,14,16H2,1-2H3. The number of aryl methyl sites for hydroxylation is 2. The van der Waals surface area contributed by atoms with Gasteiger partial charge in [-0.05, 0) is 55.7 Å². The number of hydrogen-bond donors (Lipinski definition) is 1. The highest BCUT2D eigenvalue weighted by Gasteiger charge is 2.18. The molecular weight excluding hydrogens is 407 g/mol. The first-order valence-corrected chi connectivity index (χ1v) is 10.6. The predicted octanol–water partition coefficient (Wildman–Crippen LogP) is 4.94. The molecule has 0 saturated carbocycles. The molecule has 2 aromatic heterocycles. The minimum Gasteiger partial charge on any atom is -0.457 e. The van der Waals surface area contributed by atoms with E-state index in [9.17, 15) is 14.0 Å². The van der Waals surface area contributed by atoms with Crippen molar-refractivity contribution in [1.29, 1.82) is 0 Å². The van der Waals surface area contributed by atoms with E-state index in [-0.39, 0.29) is 24.6 Å². The van der Waals surface area contributed by atoms with Crippen LogP contribution >= 0.6 is 0 Å². The van der Waals surface area contributed by atoms with Crippen molar-refractivity contribution in [3.05, 3.63) is 94.7 Å². The quantitative estimate of drug-likeness (QED) is 0.317. The zero-order chi connectivity index (χ0) is 22.7. The maximum atomic E-state index is 13.1. The summed E-state index contributed by atoms with van der Waals surface area (Å²) in [5.74, 6) is -0.916. The van der Waals surface area contributed by atoms with Gasteiger partial charge in [0.2, 0.25) is 5.78 Å². The zero-order valence-corrected chi connectivity index (χ0v) is 18.2. The number of fused-ring (bicyclic) bond motifs is 1. The second kappa shape index (κ2) is 9.22. The number of H-pyrrole nitrogens is 1. The van der Waals surface area contributed by atoms with E-state index in [2.05, 4.69) is 9.55 Å². The minimum atomic E-state index is -0.437. The van der Waals surface area contributed by atoms with E-state index in [0.29, 0.717) is 12.1 Å². The van der Waals surface area contributed by atoms with Crippen molar-refractivity contribution in [3.63, 3.8) is 0 Å². The van der Waals surface area contributed by atoms with Crippen LogP contribution in [0.15, 0.2) is 60.8 Å². The van der Waals surface area contributed by atoms with Gasteiger partial charge in [-0.2, -0.15) is 0 Å². The number of nitrogens with zero attached hydrogens (tertiary/aromatic N) is 1. The smallest absolute Gasteiger partial charge is 0.310 e. The lowest BCUT2D eigenvalue weighted by atomic mass is 10.1. The average molecular weight is 432 g/mol. The number of benzene rings is 2. The van der Waals surface area contributed by atoms with Crippen LogP contribution in [-0.2, 0) is 28.9 Å². The first kappa shape index (κ1) is 21.6. The fraction of sp³-hybridized carbons (Fsp3) is 0.231. The first-order valence-electron chi connectivity index (χ1n) is 10.6. The third kappa shape index (κ3) is 4.64. The van der Waals surface area contributed by atoms with Crippen molar-refractivity contribution < 1.29 is 18.7 Å². The van der Waals surface area contributed by atoms with Crippen molar-refractivity contribution in [2.75, 3.05) is 6.61 Å². The minimum absolute atomic E-state index is 0.105. The third-order valence-electron chi connectivity index (χ3n) is 5.79. The van der Waals surface area contributed by atoms with E-state index < -0.39 is 5.97 Å². The van der Waals surface area contributed by atoms with Crippen LogP contribution in [0.4, 0.5) is 4.39 Å². The molecule has 0 spiro atoms. The van der Waals surface area contributed by atoms with E-state index in [1.807, 2.05) is 44.2 Å². The molecule has 164 valence electrons. The van der Waals surface area contributed by atoms with E-state index in [1.54, 1.807) is 18.3 Å². The molecule has 1 N–H and O–H groups in total. The maximum absolute atomic E-state index is 13.1. The molecule has 0 amide bonds. The van der Waals surface area contributed by atoms with Gasteiger partial charge < -0.3 is 14.3 Å². The molecule has 0 aliphatic carbocycles. The molecule has 0 fully saturated rings. The number of carbonyl (C=O) groups excluding carboxylic acids is 2. The Morgan fingerprint density at radius 1 is 1.06 bits per heavy atom. The van der Waals surface area contributed by atoms with Crippen LogP contribution in [0.5, 0.6) is 0 Å². The highest BCUT2D eigenvalue weighted by molar-refractivity contribution is 5.99.